The van der Waals surface area contributed by atoms with Crippen LogP contribution in [0.15, 0.2) is 12.1 Å². The largest absolute Gasteiger partial charge is 0.348 e. The van der Waals surface area contributed by atoms with Gasteiger partial charge in [-0.05, 0) is 51.9 Å². The van der Waals surface area contributed by atoms with E-state index in [1.165, 1.54) is 12.8 Å². The maximum atomic E-state index is 12.1. The lowest BCUT2D eigenvalue weighted by Gasteiger charge is -2.21. The Morgan fingerprint density at radius 2 is 2.16 bits per heavy atom. The van der Waals surface area contributed by atoms with E-state index in [4.69, 9.17) is 11.6 Å². The summed E-state index contributed by atoms with van der Waals surface area (Å²) in [6.07, 6.45) is 2.53. The van der Waals surface area contributed by atoms with Crippen molar-refractivity contribution < 1.29 is 4.79 Å². The molecule has 0 radical (unpaired) electrons. The number of hydrogen-bond donors (Lipinski definition) is 1. The summed E-state index contributed by atoms with van der Waals surface area (Å²) in [5, 5.41) is 3.37. The molecular formula is C14H20ClN3O. The molecule has 1 aromatic heterocycles. The van der Waals surface area contributed by atoms with Gasteiger partial charge in [-0.15, -0.1) is 0 Å². The number of aryl methyl sites for hydroxylation is 1. The molecule has 1 N–H and O–H groups in total. The first kappa shape index (κ1) is 14.3. The molecule has 1 atom stereocenters. The third kappa shape index (κ3) is 4.18. The summed E-state index contributed by atoms with van der Waals surface area (Å²) >= 11 is 5.87. The van der Waals surface area contributed by atoms with E-state index in [1.807, 2.05) is 13.8 Å². The highest BCUT2D eigenvalue weighted by Gasteiger charge is 2.17. The van der Waals surface area contributed by atoms with Gasteiger partial charge in [0.2, 0.25) is 0 Å². The number of amides is 1. The van der Waals surface area contributed by atoms with E-state index < -0.39 is 0 Å². The Hall–Kier alpha value is -1.13. The molecule has 19 heavy (non-hydrogen) atoms. The smallest absolute Gasteiger partial charge is 0.251 e. The fourth-order valence-corrected chi connectivity index (χ4v) is 2.72. The number of nitrogens with zero attached hydrogens (tertiary/aromatic N) is 2. The van der Waals surface area contributed by atoms with Gasteiger partial charge in [-0.1, -0.05) is 11.6 Å². The van der Waals surface area contributed by atoms with Gasteiger partial charge < -0.3 is 10.2 Å². The summed E-state index contributed by atoms with van der Waals surface area (Å²) in [5.74, 6) is -0.0842. The summed E-state index contributed by atoms with van der Waals surface area (Å²) in [5.41, 5.74) is 1.33. The number of pyridine rings is 1. The molecule has 1 amide bonds. The molecule has 1 aliphatic heterocycles. The van der Waals surface area contributed by atoms with Crippen molar-refractivity contribution in [2.75, 3.05) is 19.6 Å². The van der Waals surface area contributed by atoms with Crippen LogP contribution < -0.4 is 5.32 Å². The average Bonchev–Trinajstić information content (AvgIpc) is 2.80. The number of hydrogen-bond acceptors (Lipinski definition) is 3. The Balaban J connectivity index is 1.92. The second-order valence-corrected chi connectivity index (χ2v) is 5.59. The minimum atomic E-state index is -0.0842. The molecule has 0 spiro atoms. The fraction of sp³-hybridized carbons (Fsp3) is 0.571. The highest BCUT2D eigenvalue weighted by atomic mass is 35.5. The van der Waals surface area contributed by atoms with E-state index in [2.05, 4.69) is 15.2 Å². The molecular weight excluding hydrogens is 262 g/mol. The Bertz CT molecular complexity index is 438. The van der Waals surface area contributed by atoms with Crippen molar-refractivity contribution in [2.45, 2.75) is 32.7 Å². The number of nitrogens with one attached hydrogen (secondary N) is 1. The van der Waals surface area contributed by atoms with E-state index in [0.717, 1.165) is 25.3 Å². The maximum absolute atomic E-state index is 12.1. The lowest BCUT2D eigenvalue weighted by molar-refractivity contribution is 0.0931. The highest BCUT2D eigenvalue weighted by molar-refractivity contribution is 6.29. The molecule has 2 heterocycles. The Morgan fingerprint density at radius 1 is 1.47 bits per heavy atom. The lowest BCUT2D eigenvalue weighted by atomic mass is 10.2. The standard InChI is InChI=1S/C14H20ClN3O/c1-10-7-12(8-13(15)16-10)14(19)17-11(2)9-18-5-3-4-6-18/h7-8,11H,3-6,9H2,1-2H3,(H,17,19). The molecule has 0 bridgehead atoms. The highest BCUT2D eigenvalue weighted by Crippen LogP contribution is 2.11. The van der Waals surface area contributed by atoms with E-state index in [9.17, 15) is 4.79 Å². The summed E-state index contributed by atoms with van der Waals surface area (Å²) in [7, 11) is 0. The molecule has 104 valence electrons. The number of aromatic nitrogens is 1. The lowest BCUT2D eigenvalue weighted by Crippen LogP contribution is -2.41. The number of rotatable bonds is 4. The van der Waals surface area contributed by atoms with Crippen LogP contribution in [0.4, 0.5) is 0 Å². The Morgan fingerprint density at radius 3 is 2.79 bits per heavy atom. The fourth-order valence-electron chi connectivity index (χ4n) is 2.46. The van der Waals surface area contributed by atoms with Gasteiger partial charge in [0.15, 0.2) is 0 Å². The van der Waals surface area contributed by atoms with Crippen LogP contribution in [0.1, 0.15) is 35.8 Å². The van der Waals surface area contributed by atoms with Crippen LogP contribution in [-0.4, -0.2) is 41.5 Å². The first-order chi connectivity index (χ1) is 9.04. The van der Waals surface area contributed by atoms with Crippen LogP contribution in [0, 0.1) is 6.92 Å². The van der Waals surface area contributed by atoms with Crippen molar-refractivity contribution >= 4 is 17.5 Å². The van der Waals surface area contributed by atoms with Gasteiger partial charge in [-0.3, -0.25) is 4.79 Å². The molecule has 1 fully saturated rings. The molecule has 0 aliphatic carbocycles. The zero-order chi connectivity index (χ0) is 13.8. The molecule has 4 nitrogen and oxygen atoms in total. The summed E-state index contributed by atoms with van der Waals surface area (Å²) in [4.78, 5) is 18.6. The van der Waals surface area contributed by atoms with Crippen LogP contribution in [0.5, 0.6) is 0 Å². The van der Waals surface area contributed by atoms with Gasteiger partial charge in [0, 0.05) is 23.8 Å². The van der Waals surface area contributed by atoms with Gasteiger partial charge in [-0.25, -0.2) is 4.98 Å². The van der Waals surface area contributed by atoms with Gasteiger partial charge >= 0.3 is 0 Å². The molecule has 0 saturated carbocycles. The first-order valence-corrected chi connectivity index (χ1v) is 7.10. The van der Waals surface area contributed by atoms with Crippen molar-refractivity contribution in [3.63, 3.8) is 0 Å². The van der Waals surface area contributed by atoms with Crippen molar-refractivity contribution in [3.8, 4) is 0 Å². The second-order valence-electron chi connectivity index (χ2n) is 5.20. The number of halogens is 1. The predicted octanol–water partition coefficient (Wildman–Crippen LogP) is 2.26. The molecule has 1 saturated heterocycles. The third-order valence-electron chi connectivity index (χ3n) is 3.29. The van der Waals surface area contributed by atoms with Crippen LogP contribution in [0.2, 0.25) is 5.15 Å². The normalized spacial score (nSPS) is 17.4. The van der Waals surface area contributed by atoms with Crippen LogP contribution in [-0.2, 0) is 0 Å². The Kier molecular flexibility index (Phi) is 4.77. The molecule has 2 rings (SSSR count). The van der Waals surface area contributed by atoms with Crippen LogP contribution in [0.25, 0.3) is 0 Å². The first-order valence-electron chi connectivity index (χ1n) is 6.72. The van der Waals surface area contributed by atoms with Crippen LogP contribution in [0.3, 0.4) is 0 Å². The molecule has 1 aliphatic rings. The van der Waals surface area contributed by atoms with E-state index in [0.29, 0.717) is 10.7 Å². The van der Waals surface area contributed by atoms with Crippen molar-refractivity contribution in [2.24, 2.45) is 0 Å². The van der Waals surface area contributed by atoms with Crippen molar-refractivity contribution in [1.29, 1.82) is 0 Å². The molecule has 0 aromatic carbocycles. The van der Waals surface area contributed by atoms with Gasteiger partial charge in [0.25, 0.3) is 5.91 Å². The van der Waals surface area contributed by atoms with E-state index >= 15 is 0 Å². The summed E-state index contributed by atoms with van der Waals surface area (Å²) < 4.78 is 0. The topological polar surface area (TPSA) is 45.2 Å². The maximum Gasteiger partial charge on any atom is 0.251 e. The van der Waals surface area contributed by atoms with E-state index in [1.54, 1.807) is 12.1 Å². The van der Waals surface area contributed by atoms with Gasteiger partial charge in [-0.2, -0.15) is 0 Å². The van der Waals surface area contributed by atoms with Crippen molar-refractivity contribution in [1.82, 2.24) is 15.2 Å². The third-order valence-corrected chi connectivity index (χ3v) is 3.49. The number of carbonyl (C=O) groups is 1. The zero-order valence-electron chi connectivity index (χ0n) is 11.4. The summed E-state index contributed by atoms with van der Waals surface area (Å²) in [6.45, 7) is 7.05. The molecule has 1 unspecified atom stereocenters. The quantitative estimate of drug-likeness (QED) is 0.861. The number of carbonyl (C=O) groups excluding carboxylic acids is 1. The van der Waals surface area contributed by atoms with Crippen LogP contribution >= 0.6 is 11.6 Å². The second kappa shape index (κ2) is 6.35. The molecule has 5 heteroatoms. The molecule has 1 aromatic rings. The summed E-state index contributed by atoms with van der Waals surface area (Å²) in [6, 6.07) is 3.49. The Labute approximate surface area is 119 Å². The average molecular weight is 282 g/mol. The zero-order valence-corrected chi connectivity index (χ0v) is 12.2. The van der Waals surface area contributed by atoms with Gasteiger partial charge in [0.05, 0.1) is 0 Å². The van der Waals surface area contributed by atoms with Crippen molar-refractivity contribution in [3.05, 3.63) is 28.5 Å². The monoisotopic (exact) mass is 281 g/mol. The SMILES string of the molecule is Cc1cc(C(=O)NC(C)CN2CCCC2)cc(Cl)n1. The van der Waals surface area contributed by atoms with E-state index in [-0.39, 0.29) is 11.9 Å². The predicted molar refractivity (Wildman–Crippen MR) is 76.6 cm³/mol. The minimum absolute atomic E-state index is 0.0842. The minimum Gasteiger partial charge on any atom is -0.348 e. The van der Waals surface area contributed by atoms with Gasteiger partial charge in [0.1, 0.15) is 5.15 Å². The number of likely N-dealkylation sites (tertiary alicyclic amines) is 1.